The summed E-state index contributed by atoms with van der Waals surface area (Å²) in [6, 6.07) is 3.20. The van der Waals surface area contributed by atoms with E-state index in [0.29, 0.717) is 17.1 Å². The smallest absolute Gasteiger partial charge is 0.191 e. The highest BCUT2D eigenvalue weighted by atomic mass is 19.1. The number of nitrogens with zero attached hydrogens (tertiary/aromatic N) is 3. The first-order valence-electron chi connectivity index (χ1n) is 10.2. The topological polar surface area (TPSA) is 73.0 Å². The fraction of sp³-hybridized carbons (Fsp3) is 0.333. The van der Waals surface area contributed by atoms with E-state index in [1.54, 1.807) is 31.3 Å². The van der Waals surface area contributed by atoms with Crippen molar-refractivity contribution in [2.75, 3.05) is 26.2 Å². The quantitative estimate of drug-likeness (QED) is 0.701. The third-order valence-electron chi connectivity index (χ3n) is 6.24. The average Bonchev–Trinajstić information content (AvgIpc) is 3.57. The van der Waals surface area contributed by atoms with Crippen LogP contribution in [0.1, 0.15) is 36.6 Å². The van der Waals surface area contributed by atoms with Gasteiger partial charge in [0.15, 0.2) is 23.1 Å². The predicted octanol–water partition coefficient (Wildman–Crippen LogP) is 4.33. The van der Waals surface area contributed by atoms with E-state index in [-0.39, 0.29) is 23.7 Å². The Morgan fingerprint density at radius 1 is 1.22 bits per heavy atom. The second kappa shape index (κ2) is 7.93. The zero-order chi connectivity index (χ0) is 23.2. The molecule has 0 radical (unpaired) electrons. The number of halogens is 2. The maximum atomic E-state index is 15.2. The molecule has 1 spiro atoms. The number of fused-ring (bicyclic) bond motifs is 2. The minimum atomic E-state index is -0.793. The number of aliphatic imine (C=N–C) groups is 1. The maximum absolute atomic E-state index is 15.2. The molecule has 1 fully saturated rings. The number of benzene rings is 1. The molecule has 0 bridgehead atoms. The zero-order valence-corrected chi connectivity index (χ0v) is 18.6. The van der Waals surface area contributed by atoms with Crippen LogP contribution >= 0.6 is 0 Å². The minimum absolute atomic E-state index is 0.0952. The minimum Gasteiger partial charge on any atom is -0.493 e. The molecule has 4 rings (SSSR count). The number of hydrogen-bond donors (Lipinski definition) is 1. The Labute approximate surface area is 186 Å². The second-order valence-corrected chi connectivity index (χ2v) is 8.08. The van der Waals surface area contributed by atoms with Crippen molar-refractivity contribution in [3.8, 4) is 11.5 Å². The number of pyridine rings is 1. The average molecular weight is 440 g/mol. The number of aromatic nitrogens is 1. The van der Waals surface area contributed by atoms with Crippen molar-refractivity contribution in [3.05, 3.63) is 64.8 Å². The fourth-order valence-corrected chi connectivity index (χ4v) is 4.39. The van der Waals surface area contributed by atoms with Crippen LogP contribution in [0.4, 0.5) is 14.5 Å². The summed E-state index contributed by atoms with van der Waals surface area (Å²) in [5.74, 6) is -1.78. The first-order valence-corrected chi connectivity index (χ1v) is 10.2. The monoisotopic (exact) mass is 440 g/mol. The largest absolute Gasteiger partial charge is 0.493 e. The van der Waals surface area contributed by atoms with Gasteiger partial charge in [-0.15, -0.1) is 0 Å². The summed E-state index contributed by atoms with van der Waals surface area (Å²) in [6.07, 6.45) is 5.07. The van der Waals surface area contributed by atoms with Crippen LogP contribution in [0, 0.1) is 11.6 Å². The van der Waals surface area contributed by atoms with E-state index >= 15 is 8.78 Å². The van der Waals surface area contributed by atoms with Gasteiger partial charge in [-0.1, -0.05) is 6.58 Å². The summed E-state index contributed by atoms with van der Waals surface area (Å²) in [5.41, 5.74) is 10.0. The van der Waals surface area contributed by atoms with E-state index in [0.717, 1.165) is 29.5 Å². The molecule has 32 heavy (non-hydrogen) atoms. The second-order valence-electron chi connectivity index (χ2n) is 8.08. The Morgan fingerprint density at radius 3 is 2.34 bits per heavy atom. The van der Waals surface area contributed by atoms with Crippen LogP contribution in [0.5, 0.6) is 11.5 Å². The van der Waals surface area contributed by atoms with Crippen molar-refractivity contribution in [2.45, 2.75) is 31.7 Å². The zero-order valence-electron chi connectivity index (χ0n) is 18.6. The van der Waals surface area contributed by atoms with Gasteiger partial charge in [0, 0.05) is 54.5 Å². The van der Waals surface area contributed by atoms with Crippen molar-refractivity contribution in [2.24, 2.45) is 10.7 Å². The lowest BCUT2D eigenvalue weighted by molar-refractivity contribution is 0.358. The molecule has 2 N–H and O–H groups in total. The van der Waals surface area contributed by atoms with Gasteiger partial charge in [-0.3, -0.25) is 9.98 Å². The summed E-state index contributed by atoms with van der Waals surface area (Å²) >= 11 is 0. The molecule has 0 amide bonds. The number of hydrogen-bond acceptors (Lipinski definition) is 6. The Hall–Kier alpha value is -3.42. The third-order valence-corrected chi connectivity index (χ3v) is 6.24. The standard InChI is InChI=1S/C24H26F2N4O2/c1-13(27)16(11-28-3)18-8-17-15(10-29-18)12-30(14(2)24(17)6-7-24)23-21(25)19(31-4)9-20(32-5)22(23)26/h8-11H,2,6-7,12,27H2,1,3-5H3. The lowest BCUT2D eigenvalue weighted by atomic mass is 9.84. The molecule has 6 nitrogen and oxygen atoms in total. The van der Waals surface area contributed by atoms with Crippen LogP contribution in [0.25, 0.3) is 5.57 Å². The summed E-state index contributed by atoms with van der Waals surface area (Å²) < 4.78 is 40.7. The molecular formula is C24H26F2N4O2. The summed E-state index contributed by atoms with van der Waals surface area (Å²) in [5, 5.41) is 0. The van der Waals surface area contributed by atoms with Crippen LogP contribution in [0.2, 0.25) is 0 Å². The van der Waals surface area contributed by atoms with Gasteiger partial charge in [0.1, 0.15) is 5.69 Å². The highest BCUT2D eigenvalue weighted by molar-refractivity contribution is 6.10. The van der Waals surface area contributed by atoms with Crippen molar-refractivity contribution in [1.29, 1.82) is 0 Å². The Balaban J connectivity index is 1.86. The first-order chi connectivity index (χ1) is 15.3. The molecule has 1 aromatic carbocycles. The summed E-state index contributed by atoms with van der Waals surface area (Å²) in [7, 11) is 4.34. The van der Waals surface area contributed by atoms with Crippen molar-refractivity contribution in [1.82, 2.24) is 4.98 Å². The van der Waals surface area contributed by atoms with Crippen molar-refractivity contribution < 1.29 is 18.3 Å². The molecule has 2 aromatic rings. The van der Waals surface area contributed by atoms with Crippen molar-refractivity contribution >= 4 is 17.5 Å². The van der Waals surface area contributed by atoms with Gasteiger partial charge in [-0.05, 0) is 37.0 Å². The number of nitrogens with two attached hydrogens (primary N) is 1. The predicted molar refractivity (Wildman–Crippen MR) is 121 cm³/mol. The van der Waals surface area contributed by atoms with Crippen LogP contribution in [-0.4, -0.2) is 32.5 Å². The van der Waals surface area contributed by atoms with Gasteiger partial charge in [-0.25, -0.2) is 8.78 Å². The van der Waals surface area contributed by atoms with Gasteiger partial charge < -0.3 is 20.1 Å². The molecule has 0 unspecified atom stereocenters. The first kappa shape index (κ1) is 21.8. The lowest BCUT2D eigenvalue weighted by Gasteiger charge is -2.39. The third kappa shape index (κ3) is 3.21. The number of rotatable bonds is 5. The van der Waals surface area contributed by atoms with Gasteiger partial charge in [0.05, 0.1) is 19.9 Å². The number of ether oxygens (including phenoxy) is 2. The molecule has 168 valence electrons. The lowest BCUT2D eigenvalue weighted by Crippen LogP contribution is -2.36. The van der Waals surface area contributed by atoms with Gasteiger partial charge in [0.2, 0.25) is 0 Å². The Bertz CT molecular complexity index is 1140. The van der Waals surface area contributed by atoms with Gasteiger partial charge in [-0.2, -0.15) is 0 Å². The van der Waals surface area contributed by atoms with E-state index in [9.17, 15) is 0 Å². The molecule has 8 heteroatoms. The molecule has 1 aliphatic heterocycles. The SMILES string of the molecule is C=C1N(c2c(F)c(OC)cc(OC)c2F)Cc2cnc(C(C=NC)=C(C)N)cc2C12CC2. The molecule has 1 saturated carbocycles. The van der Waals surface area contributed by atoms with Crippen LogP contribution in [-0.2, 0) is 12.0 Å². The van der Waals surface area contributed by atoms with E-state index in [4.69, 9.17) is 15.2 Å². The Morgan fingerprint density at radius 2 is 1.84 bits per heavy atom. The molecular weight excluding hydrogens is 414 g/mol. The number of allylic oxidation sites excluding steroid dienone is 3. The van der Waals surface area contributed by atoms with Gasteiger partial charge in [0.25, 0.3) is 0 Å². The summed E-state index contributed by atoms with van der Waals surface area (Å²) in [4.78, 5) is 10.2. The maximum Gasteiger partial charge on any atom is 0.191 e. The molecule has 0 atom stereocenters. The van der Waals surface area contributed by atoms with Crippen LogP contribution in [0.3, 0.4) is 0 Å². The molecule has 1 aromatic heterocycles. The van der Waals surface area contributed by atoms with E-state index in [1.807, 2.05) is 6.07 Å². The van der Waals surface area contributed by atoms with Crippen LogP contribution < -0.4 is 20.1 Å². The molecule has 1 aliphatic carbocycles. The van der Waals surface area contributed by atoms with E-state index in [2.05, 4.69) is 16.6 Å². The number of methoxy groups -OCH3 is 2. The van der Waals surface area contributed by atoms with Crippen molar-refractivity contribution in [3.63, 3.8) is 0 Å². The molecule has 0 saturated heterocycles. The Kier molecular flexibility index (Phi) is 5.40. The highest BCUT2D eigenvalue weighted by Gasteiger charge is 2.53. The highest BCUT2D eigenvalue weighted by Crippen LogP contribution is 2.59. The molecule has 2 heterocycles. The molecule has 2 aliphatic rings. The normalized spacial score (nSPS) is 17.4. The van der Waals surface area contributed by atoms with Gasteiger partial charge >= 0.3 is 0 Å². The van der Waals surface area contributed by atoms with E-state index in [1.165, 1.54) is 20.3 Å². The van der Waals surface area contributed by atoms with Crippen LogP contribution in [0.15, 0.2) is 41.3 Å². The summed E-state index contributed by atoms with van der Waals surface area (Å²) in [6.45, 7) is 6.27. The number of anilines is 1. The van der Waals surface area contributed by atoms with E-state index < -0.39 is 17.0 Å². The fourth-order valence-electron chi connectivity index (χ4n) is 4.39.